The predicted molar refractivity (Wildman–Crippen MR) is 84.5 cm³/mol. The van der Waals surface area contributed by atoms with E-state index in [9.17, 15) is 9.90 Å². The third kappa shape index (κ3) is 5.58. The summed E-state index contributed by atoms with van der Waals surface area (Å²) < 4.78 is 11.0. The molecule has 1 N–H and O–H groups in total. The van der Waals surface area contributed by atoms with Gasteiger partial charge in [0, 0.05) is 0 Å². The van der Waals surface area contributed by atoms with Gasteiger partial charge in [0.15, 0.2) is 11.5 Å². The van der Waals surface area contributed by atoms with Crippen molar-refractivity contribution in [1.29, 1.82) is 0 Å². The lowest BCUT2D eigenvalue weighted by molar-refractivity contribution is -0.896. The number of carbonyl (C=O) groups is 1. The predicted octanol–water partition coefficient (Wildman–Crippen LogP) is 0.415. The highest BCUT2D eigenvalue weighted by atomic mass is 35.5. The highest BCUT2D eigenvalue weighted by Crippen LogP contribution is 2.36. The summed E-state index contributed by atoms with van der Waals surface area (Å²) in [5.41, 5.74) is 0.604. The minimum atomic E-state index is -1.27. The number of hydrogen-bond acceptors (Lipinski definition) is 4. The Bertz CT molecular complexity index is 527. The van der Waals surface area contributed by atoms with Crippen LogP contribution in [0.5, 0.6) is 11.5 Å². The standard InChI is InChI=1S/C16H22ClNO4/c1-4-18(5-2)8-9-22-16-13(17)10-12(6-7-15(19)20)11-14(16)21-3/h6-7,10-11H,4-5,8-9H2,1-3H3,(H,19,20)/b7-6-. The maximum Gasteiger partial charge on any atom is 0.180 e. The van der Waals surface area contributed by atoms with Crippen molar-refractivity contribution in [1.82, 2.24) is 0 Å². The van der Waals surface area contributed by atoms with Crippen molar-refractivity contribution in [2.45, 2.75) is 13.8 Å². The van der Waals surface area contributed by atoms with Crippen molar-refractivity contribution in [2.75, 3.05) is 33.4 Å². The molecule has 0 aliphatic heterocycles. The van der Waals surface area contributed by atoms with Crippen molar-refractivity contribution in [2.24, 2.45) is 0 Å². The number of carboxylic acid groups (broad SMARTS) is 1. The third-order valence-electron chi connectivity index (χ3n) is 3.37. The summed E-state index contributed by atoms with van der Waals surface area (Å²) in [6, 6.07) is 3.30. The Kier molecular flexibility index (Phi) is 7.77. The number of benzene rings is 1. The monoisotopic (exact) mass is 327 g/mol. The van der Waals surface area contributed by atoms with Crippen molar-refractivity contribution in [3.8, 4) is 11.5 Å². The second-order valence-electron chi connectivity index (χ2n) is 4.74. The first-order valence-electron chi connectivity index (χ1n) is 7.24. The Morgan fingerprint density at radius 2 is 2.05 bits per heavy atom. The van der Waals surface area contributed by atoms with Gasteiger partial charge in [-0.3, -0.25) is 0 Å². The van der Waals surface area contributed by atoms with Crippen LogP contribution >= 0.6 is 11.6 Å². The molecule has 0 fully saturated rings. The lowest BCUT2D eigenvalue weighted by atomic mass is 10.2. The van der Waals surface area contributed by atoms with Gasteiger partial charge < -0.3 is 24.3 Å². The fraction of sp³-hybridized carbons (Fsp3) is 0.438. The smallest absolute Gasteiger partial charge is 0.180 e. The minimum absolute atomic E-state index is 0.381. The van der Waals surface area contributed by atoms with E-state index < -0.39 is 5.97 Å². The number of carbonyl (C=O) groups excluding carboxylic acids is 1. The van der Waals surface area contributed by atoms with Gasteiger partial charge in [0.25, 0.3) is 0 Å². The number of hydrogen-bond donors (Lipinski definition) is 1. The van der Waals surface area contributed by atoms with Crippen molar-refractivity contribution in [3.05, 3.63) is 28.8 Å². The molecule has 0 atom stereocenters. The summed E-state index contributed by atoms with van der Waals surface area (Å²) in [4.78, 5) is 11.9. The van der Waals surface area contributed by atoms with E-state index in [1.807, 2.05) is 0 Å². The number of rotatable bonds is 9. The van der Waals surface area contributed by atoms with Gasteiger partial charge in [-0.25, -0.2) is 0 Å². The topological polar surface area (TPSA) is 63.0 Å². The molecular formula is C16H22ClNO4. The number of likely N-dealkylation sites (N-methyl/N-ethyl adjacent to an activating group) is 1. The molecule has 0 aliphatic carbocycles. The highest BCUT2D eigenvalue weighted by molar-refractivity contribution is 6.32. The molecule has 1 aromatic rings. The van der Waals surface area contributed by atoms with Crippen LogP contribution in [-0.4, -0.2) is 39.3 Å². The van der Waals surface area contributed by atoms with Crippen LogP contribution in [-0.2, 0) is 4.79 Å². The lowest BCUT2D eigenvalue weighted by Gasteiger charge is -2.17. The summed E-state index contributed by atoms with van der Waals surface area (Å²) in [7, 11) is 1.51. The molecule has 0 aliphatic rings. The molecule has 0 spiro atoms. The molecule has 0 saturated carbocycles. The maximum absolute atomic E-state index is 10.5. The SMILES string of the molecule is CC[NH+](CC)CCOc1c(Cl)cc(/C=C\C(=O)[O-])cc1OC. The van der Waals surface area contributed by atoms with Crippen molar-refractivity contribution in [3.63, 3.8) is 0 Å². The quantitative estimate of drug-likeness (QED) is 0.668. The Balaban J connectivity index is 2.84. The van der Waals surface area contributed by atoms with Crippen LogP contribution in [0.2, 0.25) is 5.02 Å². The zero-order chi connectivity index (χ0) is 16.5. The molecule has 0 heterocycles. The lowest BCUT2D eigenvalue weighted by Crippen LogP contribution is -3.12. The van der Waals surface area contributed by atoms with Gasteiger partial charge in [-0.05, 0) is 37.6 Å². The van der Waals surface area contributed by atoms with E-state index in [0.29, 0.717) is 28.7 Å². The van der Waals surface area contributed by atoms with Crippen LogP contribution < -0.4 is 19.5 Å². The minimum Gasteiger partial charge on any atom is -0.545 e. The fourth-order valence-corrected chi connectivity index (χ4v) is 2.32. The summed E-state index contributed by atoms with van der Waals surface area (Å²) in [6.07, 6.45) is 2.34. The second kappa shape index (κ2) is 9.33. The number of quaternary nitrogens is 1. The van der Waals surface area contributed by atoms with Crippen molar-refractivity contribution >= 4 is 23.6 Å². The van der Waals surface area contributed by atoms with E-state index in [1.165, 1.54) is 18.1 Å². The largest absolute Gasteiger partial charge is 0.545 e. The van der Waals surface area contributed by atoms with E-state index in [4.69, 9.17) is 21.1 Å². The van der Waals surface area contributed by atoms with Gasteiger partial charge in [-0.1, -0.05) is 17.7 Å². The van der Waals surface area contributed by atoms with Crippen LogP contribution in [0.25, 0.3) is 6.08 Å². The first kappa shape index (κ1) is 18.3. The average Bonchev–Trinajstić information content (AvgIpc) is 2.50. The van der Waals surface area contributed by atoms with E-state index in [1.54, 1.807) is 12.1 Å². The number of aliphatic carboxylic acids is 1. The number of ether oxygens (including phenoxy) is 2. The molecular weight excluding hydrogens is 306 g/mol. The Morgan fingerprint density at radius 1 is 1.36 bits per heavy atom. The van der Waals surface area contributed by atoms with Gasteiger partial charge >= 0.3 is 0 Å². The van der Waals surface area contributed by atoms with Crippen LogP contribution in [0, 0.1) is 0 Å². The molecule has 0 radical (unpaired) electrons. The molecule has 1 rings (SSSR count). The summed E-state index contributed by atoms with van der Waals surface area (Å²) in [5.74, 6) is -0.320. The molecule has 0 amide bonds. The zero-order valence-corrected chi connectivity index (χ0v) is 13.9. The van der Waals surface area contributed by atoms with Gasteiger partial charge in [0.1, 0.15) is 13.2 Å². The first-order chi connectivity index (χ1) is 10.5. The van der Waals surface area contributed by atoms with Crippen LogP contribution in [0.1, 0.15) is 19.4 Å². The first-order valence-corrected chi connectivity index (χ1v) is 7.62. The number of carboxylic acids is 1. The number of methoxy groups -OCH3 is 1. The van der Waals surface area contributed by atoms with E-state index in [2.05, 4.69) is 13.8 Å². The molecule has 5 nitrogen and oxygen atoms in total. The summed E-state index contributed by atoms with van der Waals surface area (Å²) in [5, 5.41) is 10.8. The molecule has 1 aromatic carbocycles. The molecule has 0 saturated heterocycles. The maximum atomic E-state index is 10.5. The molecule has 22 heavy (non-hydrogen) atoms. The van der Waals surface area contributed by atoms with Gasteiger partial charge in [0.05, 0.1) is 31.2 Å². The van der Waals surface area contributed by atoms with Crippen LogP contribution in [0.15, 0.2) is 18.2 Å². The normalized spacial score (nSPS) is 11.1. The second-order valence-corrected chi connectivity index (χ2v) is 5.15. The van der Waals surface area contributed by atoms with E-state index in [-0.39, 0.29) is 0 Å². The average molecular weight is 328 g/mol. The van der Waals surface area contributed by atoms with Gasteiger partial charge in [-0.15, -0.1) is 0 Å². The molecule has 0 unspecified atom stereocenters. The fourth-order valence-electron chi connectivity index (χ4n) is 2.04. The Hall–Kier alpha value is -1.72. The number of nitrogens with one attached hydrogen (secondary N) is 1. The zero-order valence-electron chi connectivity index (χ0n) is 13.1. The van der Waals surface area contributed by atoms with Crippen molar-refractivity contribution < 1.29 is 24.3 Å². The van der Waals surface area contributed by atoms with E-state index >= 15 is 0 Å². The summed E-state index contributed by atoms with van der Waals surface area (Å²) >= 11 is 6.20. The van der Waals surface area contributed by atoms with Crippen LogP contribution in [0.3, 0.4) is 0 Å². The van der Waals surface area contributed by atoms with Gasteiger partial charge in [0.2, 0.25) is 0 Å². The highest BCUT2D eigenvalue weighted by Gasteiger charge is 2.12. The molecule has 122 valence electrons. The van der Waals surface area contributed by atoms with Crippen LogP contribution in [0.4, 0.5) is 0 Å². The summed E-state index contributed by atoms with van der Waals surface area (Å²) in [6.45, 7) is 7.74. The Morgan fingerprint density at radius 3 is 2.59 bits per heavy atom. The molecule has 0 bridgehead atoms. The van der Waals surface area contributed by atoms with Gasteiger partial charge in [-0.2, -0.15) is 0 Å². The van der Waals surface area contributed by atoms with E-state index in [0.717, 1.165) is 25.7 Å². The molecule has 6 heteroatoms. The number of halogens is 1. The Labute approximate surface area is 136 Å². The third-order valence-corrected chi connectivity index (χ3v) is 3.65. The molecule has 0 aromatic heterocycles.